The molecule has 0 N–H and O–H groups in total. The van der Waals surface area contributed by atoms with Crippen molar-refractivity contribution in [1.82, 2.24) is 14.7 Å². The highest BCUT2D eigenvalue weighted by Crippen LogP contribution is 2.36. The van der Waals surface area contributed by atoms with E-state index in [1.54, 1.807) is 0 Å². The van der Waals surface area contributed by atoms with Crippen LogP contribution in [0.5, 0.6) is 0 Å². The smallest absolute Gasteiger partial charge is 0.223 e. The van der Waals surface area contributed by atoms with Crippen molar-refractivity contribution in [2.75, 3.05) is 6.54 Å². The highest BCUT2D eigenvalue weighted by Gasteiger charge is 2.34. The second-order valence-electron chi connectivity index (χ2n) is 6.42. The molecule has 21 heavy (non-hydrogen) atoms. The molecule has 0 radical (unpaired) electrons. The predicted molar refractivity (Wildman–Crippen MR) is 82.9 cm³/mol. The fourth-order valence-electron chi connectivity index (χ4n) is 3.84. The molecule has 1 aromatic heterocycles. The lowest BCUT2D eigenvalue weighted by molar-refractivity contribution is -0.132. The van der Waals surface area contributed by atoms with Crippen LogP contribution in [0.1, 0.15) is 55.1 Å². The Hall–Kier alpha value is -1.58. The average Bonchev–Trinajstić information content (AvgIpc) is 3.13. The van der Waals surface area contributed by atoms with Crippen molar-refractivity contribution in [3.8, 4) is 0 Å². The molecule has 4 heteroatoms. The number of rotatable bonds is 3. The Balaban J connectivity index is 1.78. The Morgan fingerprint density at radius 3 is 2.81 bits per heavy atom. The first-order valence-corrected chi connectivity index (χ1v) is 8.04. The Bertz CT molecular complexity index is 573. The van der Waals surface area contributed by atoms with Gasteiger partial charge in [-0.1, -0.05) is 12.2 Å². The first-order chi connectivity index (χ1) is 10.1. The van der Waals surface area contributed by atoms with Crippen molar-refractivity contribution in [3.05, 3.63) is 29.1 Å². The number of aryl methyl sites for hydroxylation is 2. The minimum Gasteiger partial charge on any atom is -0.336 e. The van der Waals surface area contributed by atoms with Crippen LogP contribution in [0.4, 0.5) is 0 Å². The van der Waals surface area contributed by atoms with E-state index < -0.39 is 0 Å². The summed E-state index contributed by atoms with van der Waals surface area (Å²) in [5, 5.41) is 4.52. The zero-order valence-corrected chi connectivity index (χ0v) is 13.3. The molecule has 2 heterocycles. The number of amides is 1. The molecular weight excluding hydrogens is 262 g/mol. The van der Waals surface area contributed by atoms with Crippen LogP contribution in [0.15, 0.2) is 12.2 Å². The van der Waals surface area contributed by atoms with Gasteiger partial charge >= 0.3 is 0 Å². The van der Waals surface area contributed by atoms with Crippen LogP contribution in [0.25, 0.3) is 0 Å². The van der Waals surface area contributed by atoms with Crippen molar-refractivity contribution in [1.29, 1.82) is 0 Å². The molecule has 0 bridgehead atoms. The van der Waals surface area contributed by atoms with E-state index in [9.17, 15) is 4.79 Å². The summed E-state index contributed by atoms with van der Waals surface area (Å²) in [6.07, 6.45) is 9.52. The Kier molecular flexibility index (Phi) is 3.87. The first kappa shape index (κ1) is 14.4. The molecule has 3 rings (SSSR count). The maximum atomic E-state index is 12.7. The SMILES string of the molecule is Cc1nn(C)c(C)c1C1CCCN1C(=O)CC1C=CCC1. The minimum atomic E-state index is 0.233. The zero-order valence-electron chi connectivity index (χ0n) is 13.3. The summed E-state index contributed by atoms with van der Waals surface area (Å²) in [4.78, 5) is 14.8. The maximum absolute atomic E-state index is 12.7. The lowest BCUT2D eigenvalue weighted by Gasteiger charge is -2.26. The number of aromatic nitrogens is 2. The third-order valence-electron chi connectivity index (χ3n) is 5.02. The number of allylic oxidation sites excluding steroid dienone is 2. The van der Waals surface area contributed by atoms with E-state index in [1.165, 1.54) is 11.3 Å². The zero-order chi connectivity index (χ0) is 15.0. The van der Waals surface area contributed by atoms with Gasteiger partial charge < -0.3 is 4.90 Å². The van der Waals surface area contributed by atoms with Gasteiger partial charge in [-0.05, 0) is 45.4 Å². The number of carbonyl (C=O) groups excluding carboxylic acids is 1. The van der Waals surface area contributed by atoms with Crippen LogP contribution in [0, 0.1) is 19.8 Å². The number of carbonyl (C=O) groups is 1. The number of hydrogen-bond donors (Lipinski definition) is 0. The van der Waals surface area contributed by atoms with E-state index in [1.807, 2.05) is 11.7 Å². The second kappa shape index (κ2) is 5.66. The normalized spacial score (nSPS) is 25.0. The Labute approximate surface area is 126 Å². The van der Waals surface area contributed by atoms with Gasteiger partial charge in [0.15, 0.2) is 0 Å². The van der Waals surface area contributed by atoms with E-state index in [4.69, 9.17) is 0 Å². The highest BCUT2D eigenvalue weighted by atomic mass is 16.2. The van der Waals surface area contributed by atoms with Crippen molar-refractivity contribution < 1.29 is 4.79 Å². The summed E-state index contributed by atoms with van der Waals surface area (Å²) >= 11 is 0. The largest absolute Gasteiger partial charge is 0.336 e. The van der Waals surface area contributed by atoms with Crippen LogP contribution < -0.4 is 0 Å². The summed E-state index contributed by atoms with van der Waals surface area (Å²) in [6, 6.07) is 0.233. The van der Waals surface area contributed by atoms with Gasteiger partial charge in [-0.2, -0.15) is 5.10 Å². The summed E-state index contributed by atoms with van der Waals surface area (Å²) < 4.78 is 1.94. The second-order valence-corrected chi connectivity index (χ2v) is 6.42. The molecule has 1 aromatic rings. The lowest BCUT2D eigenvalue weighted by atomic mass is 10.0. The van der Waals surface area contributed by atoms with Gasteiger partial charge in [0.05, 0.1) is 11.7 Å². The standard InChI is InChI=1S/C17H25N3O/c1-12-17(13(2)19(3)18-12)15-9-6-10-20(15)16(21)11-14-7-4-5-8-14/h4,7,14-15H,5-6,8-11H2,1-3H3. The van der Waals surface area contributed by atoms with Gasteiger partial charge in [-0.3, -0.25) is 9.48 Å². The van der Waals surface area contributed by atoms with E-state index in [2.05, 4.69) is 36.0 Å². The molecule has 0 saturated carbocycles. The molecule has 1 fully saturated rings. The van der Waals surface area contributed by atoms with E-state index in [0.717, 1.165) is 37.9 Å². The quantitative estimate of drug-likeness (QED) is 0.801. The molecule has 0 aromatic carbocycles. The maximum Gasteiger partial charge on any atom is 0.223 e. The fourth-order valence-corrected chi connectivity index (χ4v) is 3.84. The van der Waals surface area contributed by atoms with Crippen LogP contribution in [-0.4, -0.2) is 27.1 Å². The molecule has 114 valence electrons. The summed E-state index contributed by atoms with van der Waals surface area (Å²) in [6.45, 7) is 5.06. The number of hydrogen-bond acceptors (Lipinski definition) is 2. The Morgan fingerprint density at radius 2 is 2.19 bits per heavy atom. The molecule has 1 aliphatic carbocycles. The molecule has 2 aliphatic rings. The molecule has 1 aliphatic heterocycles. The number of likely N-dealkylation sites (tertiary alicyclic amines) is 1. The minimum absolute atomic E-state index is 0.233. The fraction of sp³-hybridized carbons (Fsp3) is 0.647. The van der Waals surface area contributed by atoms with Crippen molar-refractivity contribution >= 4 is 5.91 Å². The molecule has 1 saturated heterocycles. The van der Waals surface area contributed by atoms with Gasteiger partial charge in [0.25, 0.3) is 0 Å². The third kappa shape index (κ3) is 2.63. The first-order valence-electron chi connectivity index (χ1n) is 8.04. The lowest BCUT2D eigenvalue weighted by Crippen LogP contribution is -2.32. The van der Waals surface area contributed by atoms with Crippen LogP contribution in [-0.2, 0) is 11.8 Å². The van der Waals surface area contributed by atoms with Gasteiger partial charge in [0, 0.05) is 31.3 Å². The van der Waals surface area contributed by atoms with Gasteiger partial charge in [-0.15, -0.1) is 0 Å². The van der Waals surface area contributed by atoms with Crippen molar-refractivity contribution in [2.24, 2.45) is 13.0 Å². The molecule has 1 amide bonds. The summed E-state index contributed by atoms with van der Waals surface area (Å²) in [7, 11) is 1.98. The molecule has 2 unspecified atom stereocenters. The molecule has 2 atom stereocenters. The molecule has 4 nitrogen and oxygen atoms in total. The van der Waals surface area contributed by atoms with E-state index >= 15 is 0 Å². The summed E-state index contributed by atoms with van der Waals surface area (Å²) in [5.41, 5.74) is 3.53. The van der Waals surface area contributed by atoms with Gasteiger partial charge in [0.1, 0.15) is 0 Å². The van der Waals surface area contributed by atoms with Crippen LogP contribution >= 0.6 is 0 Å². The van der Waals surface area contributed by atoms with Crippen molar-refractivity contribution in [3.63, 3.8) is 0 Å². The van der Waals surface area contributed by atoms with Gasteiger partial charge in [0.2, 0.25) is 5.91 Å². The predicted octanol–water partition coefficient (Wildman–Crippen LogP) is 3.06. The Morgan fingerprint density at radius 1 is 1.38 bits per heavy atom. The van der Waals surface area contributed by atoms with Crippen molar-refractivity contribution in [2.45, 2.75) is 52.0 Å². The molecular formula is C17H25N3O. The monoisotopic (exact) mass is 287 g/mol. The summed E-state index contributed by atoms with van der Waals surface area (Å²) in [5.74, 6) is 0.770. The highest BCUT2D eigenvalue weighted by molar-refractivity contribution is 5.77. The van der Waals surface area contributed by atoms with E-state index in [-0.39, 0.29) is 6.04 Å². The van der Waals surface area contributed by atoms with Crippen LogP contribution in [0.3, 0.4) is 0 Å². The third-order valence-corrected chi connectivity index (χ3v) is 5.02. The van der Waals surface area contributed by atoms with Crippen LogP contribution in [0.2, 0.25) is 0 Å². The average molecular weight is 287 g/mol. The van der Waals surface area contributed by atoms with E-state index in [0.29, 0.717) is 18.2 Å². The van der Waals surface area contributed by atoms with Gasteiger partial charge in [-0.25, -0.2) is 0 Å². The topological polar surface area (TPSA) is 38.1 Å². The molecule has 0 spiro atoms. The number of nitrogens with zero attached hydrogens (tertiary/aromatic N) is 3.